The molecule has 0 aliphatic carbocycles. The molecule has 0 unspecified atom stereocenters. The fourth-order valence-corrected chi connectivity index (χ4v) is 3.91. The van der Waals surface area contributed by atoms with Crippen molar-refractivity contribution < 1.29 is 4.79 Å². The third-order valence-electron chi connectivity index (χ3n) is 5.43. The van der Waals surface area contributed by atoms with Crippen LogP contribution in [0.3, 0.4) is 0 Å². The summed E-state index contributed by atoms with van der Waals surface area (Å²) < 4.78 is 0. The van der Waals surface area contributed by atoms with Crippen molar-refractivity contribution in [3.8, 4) is 0 Å². The third kappa shape index (κ3) is 4.68. The molecule has 2 aromatic heterocycles. The zero-order valence-electron chi connectivity index (χ0n) is 17.2. The van der Waals surface area contributed by atoms with Crippen molar-refractivity contribution in [2.75, 3.05) is 18.4 Å². The molecule has 158 valence electrons. The van der Waals surface area contributed by atoms with E-state index in [1.807, 2.05) is 49.1 Å². The second kappa shape index (κ2) is 9.63. The van der Waals surface area contributed by atoms with E-state index in [1.54, 1.807) is 6.20 Å². The molecule has 7 heteroatoms. The quantitative estimate of drug-likeness (QED) is 0.531. The lowest BCUT2D eigenvalue weighted by Crippen LogP contribution is -2.32. The molecule has 5 nitrogen and oxygen atoms in total. The normalized spacial score (nSPS) is 14.2. The lowest BCUT2D eigenvalue weighted by molar-refractivity contribution is 0.0762. The van der Waals surface area contributed by atoms with Crippen LogP contribution >= 0.6 is 24.0 Å². The Bertz CT molecular complexity index is 1060. The lowest BCUT2D eigenvalue weighted by Gasteiger charge is -2.22. The zero-order chi connectivity index (χ0) is 20.4. The number of rotatable bonds is 3. The molecule has 30 heavy (non-hydrogen) atoms. The maximum absolute atomic E-state index is 13.4. The molecule has 1 fully saturated rings. The van der Waals surface area contributed by atoms with Gasteiger partial charge in [-0.2, -0.15) is 0 Å². The molecule has 1 saturated heterocycles. The van der Waals surface area contributed by atoms with E-state index < -0.39 is 0 Å². The molecular formula is C23H26Cl2N4O. The van der Waals surface area contributed by atoms with E-state index in [2.05, 4.69) is 15.3 Å². The van der Waals surface area contributed by atoms with Crippen LogP contribution in [0.25, 0.3) is 11.0 Å². The van der Waals surface area contributed by atoms with Crippen molar-refractivity contribution >= 4 is 52.3 Å². The summed E-state index contributed by atoms with van der Waals surface area (Å²) in [6.07, 6.45) is 6.10. The Morgan fingerprint density at radius 2 is 1.80 bits per heavy atom. The first-order valence-electron chi connectivity index (χ1n) is 10.1. The first-order valence-corrected chi connectivity index (χ1v) is 10.5. The van der Waals surface area contributed by atoms with Gasteiger partial charge in [0.05, 0.1) is 11.3 Å². The van der Waals surface area contributed by atoms with Crippen LogP contribution < -0.4 is 5.32 Å². The number of fused-ring (bicyclic) bond motifs is 1. The van der Waals surface area contributed by atoms with Gasteiger partial charge in [-0.25, -0.2) is 9.97 Å². The second-order valence-corrected chi connectivity index (χ2v) is 8.07. The molecule has 3 heterocycles. The number of nitrogens with zero attached hydrogens (tertiary/aromatic N) is 3. The minimum atomic E-state index is 0. The number of amides is 1. The predicted molar refractivity (Wildman–Crippen MR) is 125 cm³/mol. The monoisotopic (exact) mass is 444 g/mol. The van der Waals surface area contributed by atoms with Gasteiger partial charge in [0.1, 0.15) is 0 Å². The largest absolute Gasteiger partial charge is 0.354 e. The van der Waals surface area contributed by atoms with E-state index in [-0.39, 0.29) is 18.3 Å². The zero-order valence-corrected chi connectivity index (χ0v) is 18.8. The summed E-state index contributed by atoms with van der Waals surface area (Å²) in [6.45, 7) is 5.48. The van der Waals surface area contributed by atoms with Crippen molar-refractivity contribution in [3.05, 3.63) is 58.4 Å². The molecular weight excluding hydrogens is 419 g/mol. The smallest absolute Gasteiger partial charge is 0.257 e. The fourth-order valence-electron chi connectivity index (χ4n) is 3.73. The van der Waals surface area contributed by atoms with Crippen molar-refractivity contribution in [1.82, 2.24) is 14.9 Å². The number of hydrogen-bond acceptors (Lipinski definition) is 4. The van der Waals surface area contributed by atoms with E-state index in [4.69, 9.17) is 11.6 Å². The van der Waals surface area contributed by atoms with Gasteiger partial charge < -0.3 is 10.2 Å². The number of aromatic nitrogens is 2. The van der Waals surface area contributed by atoms with Gasteiger partial charge in [0.15, 0.2) is 5.65 Å². The number of nitrogens with one attached hydrogen (secondary N) is 1. The van der Waals surface area contributed by atoms with Gasteiger partial charge in [0, 0.05) is 41.1 Å². The fraction of sp³-hybridized carbons (Fsp3) is 0.348. The average Bonchev–Trinajstić information content (AvgIpc) is 3.00. The van der Waals surface area contributed by atoms with Crippen LogP contribution in [0.4, 0.5) is 11.4 Å². The number of carbonyl (C=O) groups excluding carboxylic acids is 1. The van der Waals surface area contributed by atoms with Crippen LogP contribution in [0.15, 0.2) is 36.5 Å². The van der Waals surface area contributed by atoms with Gasteiger partial charge in [-0.15, -0.1) is 12.4 Å². The minimum absolute atomic E-state index is 0. The molecule has 1 N–H and O–H groups in total. The van der Waals surface area contributed by atoms with E-state index in [0.29, 0.717) is 16.2 Å². The molecule has 4 rings (SSSR count). The van der Waals surface area contributed by atoms with Gasteiger partial charge in [-0.05, 0) is 56.5 Å². The Labute approximate surface area is 188 Å². The van der Waals surface area contributed by atoms with Crippen LogP contribution in [0.2, 0.25) is 5.02 Å². The van der Waals surface area contributed by atoms with Gasteiger partial charge in [0.2, 0.25) is 0 Å². The molecule has 0 radical (unpaired) electrons. The van der Waals surface area contributed by atoms with E-state index in [1.165, 1.54) is 12.8 Å². The summed E-state index contributed by atoms with van der Waals surface area (Å²) in [5, 5.41) is 4.94. The Kier molecular flexibility index (Phi) is 7.16. The highest BCUT2D eigenvalue weighted by Crippen LogP contribution is 2.31. The van der Waals surface area contributed by atoms with Crippen LogP contribution in [0.1, 0.15) is 47.3 Å². The Balaban J connectivity index is 0.00000256. The molecule has 1 aliphatic heterocycles. The predicted octanol–water partition coefficient (Wildman–Crippen LogP) is 6.08. The summed E-state index contributed by atoms with van der Waals surface area (Å²) >= 11 is 6.32. The van der Waals surface area contributed by atoms with E-state index in [0.717, 1.165) is 53.9 Å². The summed E-state index contributed by atoms with van der Waals surface area (Å²) in [6, 6.07) is 9.73. The van der Waals surface area contributed by atoms with E-state index >= 15 is 0 Å². The summed E-state index contributed by atoms with van der Waals surface area (Å²) in [5.74, 6) is 0.0163. The second-order valence-electron chi connectivity index (χ2n) is 7.67. The average molecular weight is 445 g/mol. The van der Waals surface area contributed by atoms with Crippen molar-refractivity contribution in [2.45, 2.75) is 39.5 Å². The molecule has 1 amide bonds. The van der Waals surface area contributed by atoms with E-state index in [9.17, 15) is 4.79 Å². The Morgan fingerprint density at radius 1 is 1.07 bits per heavy atom. The summed E-state index contributed by atoms with van der Waals surface area (Å²) in [4.78, 5) is 24.4. The first kappa shape index (κ1) is 22.3. The number of carbonyl (C=O) groups is 1. The van der Waals surface area contributed by atoms with Crippen LogP contribution in [0.5, 0.6) is 0 Å². The topological polar surface area (TPSA) is 58.1 Å². The molecule has 1 aromatic carbocycles. The molecule has 3 aromatic rings. The van der Waals surface area contributed by atoms with Gasteiger partial charge in [-0.1, -0.05) is 30.5 Å². The number of hydrogen-bond donors (Lipinski definition) is 1. The number of anilines is 2. The standard InChI is InChI=1S/C23H25ClN4O.ClH/c1-15-7-9-17(13-20(15)24)27-21-18-10-8-16(2)26-22(18)25-14-19(21)23(29)28-11-5-3-4-6-12-28;/h7-10,13-14H,3-6,11-12H2,1-2H3,(H,25,26,27);1H. The molecule has 0 saturated carbocycles. The summed E-state index contributed by atoms with van der Waals surface area (Å²) in [7, 11) is 0. The number of aryl methyl sites for hydroxylation is 2. The van der Waals surface area contributed by atoms with Crippen molar-refractivity contribution in [1.29, 1.82) is 0 Å². The maximum Gasteiger partial charge on any atom is 0.257 e. The lowest BCUT2D eigenvalue weighted by atomic mass is 10.1. The van der Waals surface area contributed by atoms with Crippen LogP contribution in [-0.2, 0) is 0 Å². The highest BCUT2D eigenvalue weighted by molar-refractivity contribution is 6.31. The minimum Gasteiger partial charge on any atom is -0.354 e. The number of benzene rings is 1. The molecule has 0 spiro atoms. The van der Waals surface area contributed by atoms with Crippen molar-refractivity contribution in [3.63, 3.8) is 0 Å². The molecule has 0 bridgehead atoms. The molecule has 0 atom stereocenters. The highest BCUT2D eigenvalue weighted by atomic mass is 35.5. The number of halogens is 2. The first-order chi connectivity index (χ1) is 14.0. The Morgan fingerprint density at radius 3 is 2.50 bits per heavy atom. The Hall–Kier alpha value is -2.37. The maximum atomic E-state index is 13.4. The third-order valence-corrected chi connectivity index (χ3v) is 5.84. The summed E-state index contributed by atoms with van der Waals surface area (Å²) in [5.41, 5.74) is 4.66. The van der Waals surface area contributed by atoms with Crippen LogP contribution in [0, 0.1) is 13.8 Å². The van der Waals surface area contributed by atoms with Gasteiger partial charge in [-0.3, -0.25) is 4.79 Å². The highest BCUT2D eigenvalue weighted by Gasteiger charge is 2.22. The van der Waals surface area contributed by atoms with Gasteiger partial charge in [0.25, 0.3) is 5.91 Å². The van der Waals surface area contributed by atoms with Gasteiger partial charge >= 0.3 is 0 Å². The number of likely N-dealkylation sites (tertiary alicyclic amines) is 1. The van der Waals surface area contributed by atoms with Crippen molar-refractivity contribution in [2.24, 2.45) is 0 Å². The molecule has 1 aliphatic rings. The SMILES string of the molecule is Cc1ccc2c(Nc3ccc(C)c(Cl)c3)c(C(=O)N3CCCCCC3)cnc2n1.Cl. The van der Waals surface area contributed by atoms with Crippen LogP contribution in [-0.4, -0.2) is 33.9 Å². The number of pyridine rings is 2.